The SMILES string of the molecule is CC(Cl)OCCOOC(C)(C)C. The summed E-state index contributed by atoms with van der Waals surface area (Å²) in [7, 11) is 0. The molecule has 0 bridgehead atoms. The fraction of sp³-hybridized carbons (Fsp3) is 1.00. The van der Waals surface area contributed by atoms with Crippen molar-refractivity contribution in [2.75, 3.05) is 13.2 Å². The molecule has 0 fully saturated rings. The third-order valence-electron chi connectivity index (χ3n) is 0.823. The first-order chi connectivity index (χ1) is 5.42. The van der Waals surface area contributed by atoms with E-state index in [1.54, 1.807) is 6.92 Å². The summed E-state index contributed by atoms with van der Waals surface area (Å²) in [5.74, 6) is 0. The van der Waals surface area contributed by atoms with E-state index < -0.39 is 0 Å². The molecule has 0 aliphatic rings. The van der Waals surface area contributed by atoms with Crippen LogP contribution in [-0.2, 0) is 14.5 Å². The molecule has 0 aromatic carbocycles. The summed E-state index contributed by atoms with van der Waals surface area (Å²) < 4.78 is 5.02. The normalized spacial score (nSPS) is 14.8. The minimum Gasteiger partial charge on any atom is -0.360 e. The van der Waals surface area contributed by atoms with E-state index >= 15 is 0 Å². The maximum atomic E-state index is 5.53. The molecular formula is C8H17ClO3. The standard InChI is InChI=1S/C8H17ClO3/c1-7(9)10-5-6-11-12-8(2,3)4/h7H,5-6H2,1-4H3. The Morgan fingerprint density at radius 3 is 2.25 bits per heavy atom. The van der Waals surface area contributed by atoms with Gasteiger partial charge in [-0.3, -0.25) is 0 Å². The van der Waals surface area contributed by atoms with Gasteiger partial charge in [-0.15, -0.1) is 0 Å². The summed E-state index contributed by atoms with van der Waals surface area (Å²) in [6.45, 7) is 8.34. The van der Waals surface area contributed by atoms with Gasteiger partial charge in [0.15, 0.2) is 0 Å². The lowest BCUT2D eigenvalue weighted by atomic mass is 10.2. The number of ether oxygens (including phenoxy) is 1. The monoisotopic (exact) mass is 196 g/mol. The van der Waals surface area contributed by atoms with E-state index in [-0.39, 0.29) is 11.2 Å². The molecular weight excluding hydrogens is 180 g/mol. The lowest BCUT2D eigenvalue weighted by Crippen LogP contribution is -2.21. The average molecular weight is 197 g/mol. The van der Waals surface area contributed by atoms with Crippen LogP contribution in [0.2, 0.25) is 0 Å². The Bertz CT molecular complexity index is 109. The van der Waals surface area contributed by atoms with E-state index in [0.717, 1.165) is 0 Å². The molecule has 1 atom stereocenters. The molecule has 3 nitrogen and oxygen atoms in total. The molecule has 4 heteroatoms. The van der Waals surface area contributed by atoms with Crippen LogP contribution in [0.25, 0.3) is 0 Å². The fourth-order valence-corrected chi connectivity index (χ4v) is 0.552. The number of halogens is 1. The van der Waals surface area contributed by atoms with Crippen LogP contribution in [0.4, 0.5) is 0 Å². The van der Waals surface area contributed by atoms with Crippen LogP contribution in [-0.4, -0.2) is 24.4 Å². The highest BCUT2D eigenvalue weighted by Gasteiger charge is 2.10. The molecule has 0 aromatic heterocycles. The van der Waals surface area contributed by atoms with Crippen molar-refractivity contribution < 1.29 is 14.5 Å². The number of hydrogen-bond donors (Lipinski definition) is 0. The molecule has 0 spiro atoms. The smallest absolute Gasteiger partial charge is 0.128 e. The largest absolute Gasteiger partial charge is 0.360 e. The van der Waals surface area contributed by atoms with Crippen LogP contribution in [0.5, 0.6) is 0 Å². The Balaban J connectivity index is 3.12. The van der Waals surface area contributed by atoms with E-state index in [1.165, 1.54) is 0 Å². The van der Waals surface area contributed by atoms with Crippen LogP contribution in [0.3, 0.4) is 0 Å². The van der Waals surface area contributed by atoms with Crippen LogP contribution < -0.4 is 0 Å². The summed E-state index contributed by atoms with van der Waals surface area (Å²) >= 11 is 5.53. The molecule has 0 N–H and O–H groups in total. The Morgan fingerprint density at radius 2 is 1.83 bits per heavy atom. The van der Waals surface area contributed by atoms with Gasteiger partial charge in [0.2, 0.25) is 0 Å². The lowest BCUT2D eigenvalue weighted by molar-refractivity contribution is -0.351. The van der Waals surface area contributed by atoms with Gasteiger partial charge in [-0.2, -0.15) is 0 Å². The summed E-state index contributed by atoms with van der Waals surface area (Å²) in [5.41, 5.74) is -0.546. The van der Waals surface area contributed by atoms with E-state index in [0.29, 0.717) is 13.2 Å². The maximum absolute atomic E-state index is 5.53. The van der Waals surface area contributed by atoms with Gasteiger partial charge in [-0.1, -0.05) is 11.6 Å². The molecule has 1 unspecified atom stereocenters. The summed E-state index contributed by atoms with van der Waals surface area (Å²) in [4.78, 5) is 9.85. The van der Waals surface area contributed by atoms with E-state index in [4.69, 9.17) is 26.1 Å². The molecule has 0 aliphatic carbocycles. The average Bonchev–Trinajstić information content (AvgIpc) is 1.83. The second-order valence-electron chi connectivity index (χ2n) is 3.43. The van der Waals surface area contributed by atoms with Gasteiger partial charge in [0.1, 0.15) is 12.2 Å². The molecule has 0 aliphatic heterocycles. The van der Waals surface area contributed by atoms with Gasteiger partial charge < -0.3 is 4.74 Å². The van der Waals surface area contributed by atoms with Crippen molar-refractivity contribution >= 4 is 11.6 Å². The number of rotatable bonds is 5. The first-order valence-electron chi connectivity index (χ1n) is 3.98. The summed E-state index contributed by atoms with van der Waals surface area (Å²) in [6, 6.07) is 0. The molecule has 12 heavy (non-hydrogen) atoms. The zero-order valence-corrected chi connectivity index (χ0v) is 8.85. The predicted molar refractivity (Wildman–Crippen MR) is 48.1 cm³/mol. The fourth-order valence-electron chi connectivity index (χ4n) is 0.463. The lowest BCUT2D eigenvalue weighted by Gasteiger charge is -2.17. The van der Waals surface area contributed by atoms with Crippen molar-refractivity contribution in [2.45, 2.75) is 38.9 Å². The third kappa shape index (κ3) is 10.2. The minimum absolute atomic E-state index is 0.271. The van der Waals surface area contributed by atoms with Crippen LogP contribution >= 0.6 is 11.6 Å². The highest BCUT2D eigenvalue weighted by Crippen LogP contribution is 2.06. The quantitative estimate of drug-likeness (QED) is 0.292. The van der Waals surface area contributed by atoms with Crippen LogP contribution in [0.1, 0.15) is 27.7 Å². The summed E-state index contributed by atoms with van der Waals surface area (Å²) in [5, 5.41) is 0. The molecule has 0 aromatic rings. The van der Waals surface area contributed by atoms with Crippen LogP contribution in [0, 0.1) is 0 Å². The molecule has 0 rings (SSSR count). The third-order valence-corrected chi connectivity index (χ3v) is 0.949. The van der Waals surface area contributed by atoms with Gasteiger partial charge in [-0.25, -0.2) is 9.78 Å². The maximum Gasteiger partial charge on any atom is 0.128 e. The molecule has 0 saturated carbocycles. The van der Waals surface area contributed by atoms with Gasteiger partial charge >= 0.3 is 0 Å². The van der Waals surface area contributed by atoms with Crippen molar-refractivity contribution in [2.24, 2.45) is 0 Å². The van der Waals surface area contributed by atoms with Gasteiger partial charge in [0.25, 0.3) is 0 Å². The van der Waals surface area contributed by atoms with Crippen LogP contribution in [0.15, 0.2) is 0 Å². The van der Waals surface area contributed by atoms with Crippen molar-refractivity contribution in [3.63, 3.8) is 0 Å². The molecule has 0 radical (unpaired) electrons. The van der Waals surface area contributed by atoms with Crippen molar-refractivity contribution in [3.05, 3.63) is 0 Å². The molecule has 74 valence electrons. The Hall–Kier alpha value is 0.170. The highest BCUT2D eigenvalue weighted by molar-refractivity contribution is 6.19. The first kappa shape index (κ1) is 12.2. The van der Waals surface area contributed by atoms with E-state index in [1.807, 2.05) is 20.8 Å². The van der Waals surface area contributed by atoms with Gasteiger partial charge in [0.05, 0.1) is 12.2 Å². The molecule has 0 amide bonds. The highest BCUT2D eigenvalue weighted by atomic mass is 35.5. The van der Waals surface area contributed by atoms with Crippen molar-refractivity contribution in [1.29, 1.82) is 0 Å². The van der Waals surface area contributed by atoms with Crippen molar-refractivity contribution in [3.8, 4) is 0 Å². The van der Waals surface area contributed by atoms with Gasteiger partial charge in [0, 0.05) is 0 Å². The van der Waals surface area contributed by atoms with Crippen molar-refractivity contribution in [1.82, 2.24) is 0 Å². The van der Waals surface area contributed by atoms with E-state index in [9.17, 15) is 0 Å². The minimum atomic E-state index is -0.275. The molecule has 0 saturated heterocycles. The first-order valence-corrected chi connectivity index (χ1v) is 4.42. The Morgan fingerprint density at radius 1 is 1.25 bits per heavy atom. The molecule has 0 heterocycles. The van der Waals surface area contributed by atoms with Gasteiger partial charge in [-0.05, 0) is 27.7 Å². The zero-order chi connectivity index (χ0) is 9.61. The zero-order valence-electron chi connectivity index (χ0n) is 8.09. The number of alkyl halides is 1. The van der Waals surface area contributed by atoms with E-state index in [2.05, 4.69) is 0 Å². The topological polar surface area (TPSA) is 27.7 Å². The Kier molecular flexibility index (Phi) is 5.84. The second kappa shape index (κ2) is 5.75. The number of hydrogen-bond acceptors (Lipinski definition) is 3. The predicted octanol–water partition coefficient (Wildman–Crippen LogP) is 2.33. The summed E-state index contributed by atoms with van der Waals surface area (Å²) in [6.07, 6.45) is 0. The second-order valence-corrected chi connectivity index (χ2v) is 4.05. The Labute approximate surface area is 78.9 Å².